The van der Waals surface area contributed by atoms with Crippen molar-refractivity contribution >= 4 is 22.0 Å². The fraction of sp³-hybridized carbons (Fsp3) is 0.125. The molecular weight excluding hydrogens is 272 g/mol. The van der Waals surface area contributed by atoms with Crippen molar-refractivity contribution < 1.29 is 0 Å². The molecule has 86 valence electrons. The maximum absolute atomic E-state index is 3.46. The smallest absolute Gasteiger partial charge is 0.0175 e. The Hall–Kier alpha value is -1.34. The van der Waals surface area contributed by atoms with Gasteiger partial charge in [-0.2, -0.15) is 0 Å². The Balaban J connectivity index is 2.40. The first kappa shape index (κ1) is 12.1. The van der Waals surface area contributed by atoms with E-state index < -0.39 is 0 Å². The SMILES string of the molecule is C/C=C\c1ccc(-c2ccc(Br)cc2)cc1C. The Kier molecular flexibility index (Phi) is 3.80. The highest BCUT2D eigenvalue weighted by Crippen LogP contribution is 2.24. The lowest BCUT2D eigenvalue weighted by Crippen LogP contribution is -1.83. The van der Waals surface area contributed by atoms with Gasteiger partial charge in [0.15, 0.2) is 0 Å². The van der Waals surface area contributed by atoms with E-state index in [4.69, 9.17) is 0 Å². The van der Waals surface area contributed by atoms with Crippen molar-refractivity contribution in [2.75, 3.05) is 0 Å². The van der Waals surface area contributed by atoms with Crippen LogP contribution in [0, 0.1) is 6.92 Å². The van der Waals surface area contributed by atoms with Gasteiger partial charge in [0.05, 0.1) is 0 Å². The molecule has 0 bridgehead atoms. The molecule has 0 fully saturated rings. The predicted molar refractivity (Wildman–Crippen MR) is 79.0 cm³/mol. The average Bonchev–Trinajstić information content (AvgIpc) is 2.33. The summed E-state index contributed by atoms with van der Waals surface area (Å²) in [7, 11) is 0. The predicted octanol–water partition coefficient (Wildman–Crippen LogP) is 5.46. The lowest BCUT2D eigenvalue weighted by atomic mass is 10.00. The molecule has 0 aliphatic heterocycles. The van der Waals surface area contributed by atoms with Crippen molar-refractivity contribution in [1.29, 1.82) is 0 Å². The third-order valence-electron chi connectivity index (χ3n) is 2.79. The fourth-order valence-electron chi connectivity index (χ4n) is 1.86. The minimum atomic E-state index is 1.11. The highest BCUT2D eigenvalue weighted by molar-refractivity contribution is 9.10. The molecule has 0 N–H and O–H groups in total. The minimum Gasteiger partial charge on any atom is -0.0871 e. The van der Waals surface area contributed by atoms with E-state index in [1.54, 1.807) is 0 Å². The van der Waals surface area contributed by atoms with E-state index in [0.29, 0.717) is 0 Å². The third kappa shape index (κ3) is 2.86. The Bertz CT molecular complexity index is 536. The van der Waals surface area contributed by atoms with Crippen molar-refractivity contribution in [2.24, 2.45) is 0 Å². The molecule has 0 atom stereocenters. The molecule has 0 saturated heterocycles. The highest BCUT2D eigenvalue weighted by atomic mass is 79.9. The molecule has 0 radical (unpaired) electrons. The highest BCUT2D eigenvalue weighted by Gasteiger charge is 2.00. The van der Waals surface area contributed by atoms with Crippen LogP contribution in [0.1, 0.15) is 18.1 Å². The van der Waals surface area contributed by atoms with Crippen LogP contribution in [0.4, 0.5) is 0 Å². The summed E-state index contributed by atoms with van der Waals surface area (Å²) in [5.74, 6) is 0. The number of allylic oxidation sites excluding steroid dienone is 1. The molecule has 2 rings (SSSR count). The number of hydrogen-bond donors (Lipinski definition) is 0. The molecule has 0 saturated carbocycles. The van der Waals surface area contributed by atoms with Crippen LogP contribution in [0.15, 0.2) is 53.0 Å². The summed E-state index contributed by atoms with van der Waals surface area (Å²) in [6.07, 6.45) is 4.21. The lowest BCUT2D eigenvalue weighted by molar-refractivity contribution is 1.43. The van der Waals surface area contributed by atoms with Crippen molar-refractivity contribution in [1.82, 2.24) is 0 Å². The van der Waals surface area contributed by atoms with E-state index in [1.165, 1.54) is 22.3 Å². The molecule has 0 aromatic heterocycles. The molecule has 0 spiro atoms. The molecule has 17 heavy (non-hydrogen) atoms. The summed E-state index contributed by atoms with van der Waals surface area (Å²) in [4.78, 5) is 0. The second-order valence-corrected chi connectivity index (χ2v) is 4.99. The topological polar surface area (TPSA) is 0 Å². The molecule has 0 aliphatic rings. The standard InChI is InChI=1S/C16H15Br/c1-3-4-13-5-6-15(11-12(13)2)14-7-9-16(17)10-8-14/h3-11H,1-2H3/b4-3-. The van der Waals surface area contributed by atoms with Crippen LogP contribution in [0.5, 0.6) is 0 Å². The van der Waals surface area contributed by atoms with E-state index in [9.17, 15) is 0 Å². The molecule has 0 unspecified atom stereocenters. The maximum Gasteiger partial charge on any atom is 0.0175 e. The van der Waals surface area contributed by atoms with Crippen LogP contribution in [0.3, 0.4) is 0 Å². The Morgan fingerprint density at radius 2 is 1.59 bits per heavy atom. The summed E-state index contributed by atoms with van der Waals surface area (Å²) < 4.78 is 1.11. The van der Waals surface area contributed by atoms with Gasteiger partial charge in [-0.25, -0.2) is 0 Å². The van der Waals surface area contributed by atoms with Gasteiger partial charge in [0.25, 0.3) is 0 Å². The van der Waals surface area contributed by atoms with Gasteiger partial charge in [-0.15, -0.1) is 0 Å². The fourth-order valence-corrected chi connectivity index (χ4v) is 2.13. The summed E-state index contributed by atoms with van der Waals surface area (Å²) in [5, 5.41) is 0. The largest absolute Gasteiger partial charge is 0.0871 e. The lowest BCUT2D eigenvalue weighted by Gasteiger charge is -2.06. The zero-order valence-corrected chi connectivity index (χ0v) is 11.7. The Labute approximate surface area is 111 Å². The Morgan fingerprint density at radius 1 is 0.941 bits per heavy atom. The van der Waals surface area contributed by atoms with Gasteiger partial charge < -0.3 is 0 Å². The van der Waals surface area contributed by atoms with Crippen LogP contribution in [0.2, 0.25) is 0 Å². The monoisotopic (exact) mass is 286 g/mol. The van der Waals surface area contributed by atoms with Gasteiger partial charge in [0, 0.05) is 4.47 Å². The van der Waals surface area contributed by atoms with Gasteiger partial charge in [0.1, 0.15) is 0 Å². The molecule has 2 aromatic carbocycles. The minimum absolute atomic E-state index is 1.11. The van der Waals surface area contributed by atoms with E-state index in [1.807, 2.05) is 6.92 Å². The molecule has 1 heteroatoms. The number of aryl methyl sites for hydroxylation is 1. The van der Waals surface area contributed by atoms with Crippen molar-refractivity contribution in [3.8, 4) is 11.1 Å². The zero-order valence-electron chi connectivity index (χ0n) is 10.1. The van der Waals surface area contributed by atoms with Gasteiger partial charge in [-0.3, -0.25) is 0 Å². The van der Waals surface area contributed by atoms with Gasteiger partial charge >= 0.3 is 0 Å². The number of rotatable bonds is 2. The van der Waals surface area contributed by atoms with Crippen molar-refractivity contribution in [3.63, 3.8) is 0 Å². The van der Waals surface area contributed by atoms with Crippen LogP contribution in [-0.2, 0) is 0 Å². The molecule has 2 aromatic rings. The molecule has 0 heterocycles. The second-order valence-electron chi connectivity index (χ2n) is 4.08. The molecule has 0 nitrogen and oxygen atoms in total. The zero-order chi connectivity index (χ0) is 12.3. The number of halogens is 1. The van der Waals surface area contributed by atoms with E-state index >= 15 is 0 Å². The second kappa shape index (κ2) is 5.33. The van der Waals surface area contributed by atoms with Crippen LogP contribution < -0.4 is 0 Å². The third-order valence-corrected chi connectivity index (χ3v) is 3.32. The average molecular weight is 287 g/mol. The van der Waals surface area contributed by atoms with Crippen LogP contribution >= 0.6 is 15.9 Å². The van der Waals surface area contributed by atoms with Gasteiger partial charge in [-0.1, -0.05) is 58.4 Å². The summed E-state index contributed by atoms with van der Waals surface area (Å²) in [6, 6.07) is 15.0. The first-order valence-electron chi connectivity index (χ1n) is 5.70. The normalized spacial score (nSPS) is 11.0. The Morgan fingerprint density at radius 3 is 2.18 bits per heavy atom. The summed E-state index contributed by atoms with van der Waals surface area (Å²) in [5.41, 5.74) is 5.11. The maximum atomic E-state index is 3.46. The van der Waals surface area contributed by atoms with Crippen molar-refractivity contribution in [2.45, 2.75) is 13.8 Å². The number of hydrogen-bond acceptors (Lipinski definition) is 0. The van der Waals surface area contributed by atoms with Crippen molar-refractivity contribution in [3.05, 3.63) is 64.1 Å². The summed E-state index contributed by atoms with van der Waals surface area (Å²) in [6.45, 7) is 4.19. The first-order chi connectivity index (χ1) is 8.20. The van der Waals surface area contributed by atoms with Gasteiger partial charge in [-0.05, 0) is 48.2 Å². The van der Waals surface area contributed by atoms with E-state index in [2.05, 4.69) is 77.5 Å². The first-order valence-corrected chi connectivity index (χ1v) is 6.49. The quantitative estimate of drug-likeness (QED) is 0.688. The molecule has 0 amide bonds. The molecular formula is C16H15Br. The van der Waals surface area contributed by atoms with E-state index in [-0.39, 0.29) is 0 Å². The van der Waals surface area contributed by atoms with Crippen LogP contribution in [0.25, 0.3) is 17.2 Å². The summed E-state index contributed by atoms with van der Waals surface area (Å²) >= 11 is 3.46. The van der Waals surface area contributed by atoms with Gasteiger partial charge in [0.2, 0.25) is 0 Å². The van der Waals surface area contributed by atoms with E-state index in [0.717, 1.165) is 4.47 Å². The molecule has 0 aliphatic carbocycles. The van der Waals surface area contributed by atoms with Crippen LogP contribution in [-0.4, -0.2) is 0 Å². The number of benzene rings is 2.